The van der Waals surface area contributed by atoms with Crippen LogP contribution in [0.2, 0.25) is 0 Å². The molecule has 2 bridgehead atoms. The Kier molecular flexibility index (Phi) is 6.77. The third kappa shape index (κ3) is 4.89. The number of amides is 1. The molecule has 7 heteroatoms. The molecule has 4 atom stereocenters. The smallest absolute Gasteiger partial charge is 0.309 e. The van der Waals surface area contributed by atoms with Crippen molar-refractivity contribution < 1.29 is 28.6 Å². The van der Waals surface area contributed by atoms with Crippen LogP contribution in [0.15, 0.2) is 18.2 Å². The maximum absolute atomic E-state index is 12.4. The molecule has 1 N–H and O–H groups in total. The van der Waals surface area contributed by atoms with Gasteiger partial charge in [0.05, 0.1) is 26.2 Å². The first kappa shape index (κ1) is 21.1. The summed E-state index contributed by atoms with van der Waals surface area (Å²) in [5.74, 6) is 0.508. The molecule has 7 nitrogen and oxygen atoms in total. The molecule has 0 spiro atoms. The lowest BCUT2D eigenvalue weighted by atomic mass is 9.67. The Balaban J connectivity index is 1.52. The molecule has 29 heavy (non-hydrogen) atoms. The zero-order valence-corrected chi connectivity index (χ0v) is 17.2. The molecule has 2 fully saturated rings. The van der Waals surface area contributed by atoms with Gasteiger partial charge in [0, 0.05) is 17.4 Å². The molecular formula is C22H29NO6. The fourth-order valence-corrected chi connectivity index (χ4v) is 4.47. The number of ether oxygens (including phenoxy) is 3. The Morgan fingerprint density at radius 3 is 2.45 bits per heavy atom. The maximum atomic E-state index is 12.4. The van der Waals surface area contributed by atoms with Crippen LogP contribution in [-0.2, 0) is 19.1 Å². The van der Waals surface area contributed by atoms with E-state index in [1.54, 1.807) is 32.4 Å². The first-order valence-corrected chi connectivity index (χ1v) is 10.1. The van der Waals surface area contributed by atoms with Gasteiger partial charge in [0.1, 0.15) is 17.3 Å². The third-order valence-electron chi connectivity index (χ3n) is 6.01. The Bertz CT molecular complexity index is 761. The van der Waals surface area contributed by atoms with Gasteiger partial charge in [0.25, 0.3) is 5.91 Å². The highest BCUT2D eigenvalue weighted by atomic mass is 16.5. The van der Waals surface area contributed by atoms with Crippen LogP contribution in [0.4, 0.5) is 0 Å². The molecule has 0 radical (unpaired) electrons. The molecule has 3 rings (SSSR count). The lowest BCUT2D eigenvalue weighted by Crippen LogP contribution is -2.40. The second-order valence-corrected chi connectivity index (χ2v) is 7.90. The van der Waals surface area contributed by atoms with Crippen LogP contribution < -0.4 is 14.8 Å². The summed E-state index contributed by atoms with van der Waals surface area (Å²) in [5.41, 5.74) is 0.769. The third-order valence-corrected chi connectivity index (χ3v) is 6.01. The monoisotopic (exact) mass is 403 g/mol. The highest BCUT2D eigenvalue weighted by Gasteiger charge is 2.41. The molecule has 1 aromatic rings. The van der Waals surface area contributed by atoms with Gasteiger partial charge >= 0.3 is 5.97 Å². The van der Waals surface area contributed by atoms with E-state index in [1.165, 1.54) is 0 Å². The van der Waals surface area contributed by atoms with Crippen molar-refractivity contribution in [3.63, 3.8) is 0 Å². The van der Waals surface area contributed by atoms with Crippen LogP contribution in [-0.4, -0.2) is 38.5 Å². The highest BCUT2D eigenvalue weighted by molar-refractivity contribution is 5.88. The molecule has 2 aliphatic carbocycles. The number of benzene rings is 1. The largest absolute Gasteiger partial charge is 0.497 e. The molecule has 0 aliphatic heterocycles. The number of methoxy groups -OCH3 is 2. The van der Waals surface area contributed by atoms with Gasteiger partial charge in [-0.05, 0) is 50.8 Å². The van der Waals surface area contributed by atoms with E-state index in [2.05, 4.69) is 5.32 Å². The Labute approximate surface area is 171 Å². The number of nitrogens with one attached hydrogen (secondary N) is 1. The summed E-state index contributed by atoms with van der Waals surface area (Å²) in [6.45, 7) is 1.49. The minimum atomic E-state index is -0.386. The number of esters is 1. The molecular weight excluding hydrogens is 374 g/mol. The summed E-state index contributed by atoms with van der Waals surface area (Å²) >= 11 is 0. The molecule has 2 saturated carbocycles. The van der Waals surface area contributed by atoms with Crippen molar-refractivity contribution in [2.45, 2.75) is 45.1 Å². The van der Waals surface area contributed by atoms with E-state index in [-0.39, 0.29) is 42.3 Å². The van der Waals surface area contributed by atoms with E-state index in [0.717, 1.165) is 24.8 Å². The fourth-order valence-electron chi connectivity index (χ4n) is 4.47. The molecule has 1 amide bonds. The van der Waals surface area contributed by atoms with Gasteiger partial charge < -0.3 is 19.5 Å². The van der Waals surface area contributed by atoms with Gasteiger partial charge in [-0.3, -0.25) is 14.4 Å². The number of hydrogen-bond acceptors (Lipinski definition) is 6. The Morgan fingerprint density at radius 2 is 1.83 bits per heavy atom. The van der Waals surface area contributed by atoms with Crippen LogP contribution in [0.5, 0.6) is 11.5 Å². The summed E-state index contributed by atoms with van der Waals surface area (Å²) in [4.78, 5) is 36.9. The summed E-state index contributed by atoms with van der Waals surface area (Å²) in [6.07, 6.45) is 3.87. The van der Waals surface area contributed by atoms with E-state index >= 15 is 0 Å². The van der Waals surface area contributed by atoms with E-state index in [0.29, 0.717) is 30.1 Å². The highest BCUT2D eigenvalue weighted by Crippen LogP contribution is 2.40. The second kappa shape index (κ2) is 9.29. The number of Topliss-reactive ketones (excluding diaryl/α,β-unsaturated/α-hetero) is 1. The Hall–Kier alpha value is -2.57. The molecule has 0 saturated heterocycles. The second-order valence-electron chi connectivity index (χ2n) is 7.90. The van der Waals surface area contributed by atoms with Crippen LogP contribution >= 0.6 is 0 Å². The van der Waals surface area contributed by atoms with Gasteiger partial charge in [-0.25, -0.2) is 0 Å². The average molecular weight is 403 g/mol. The van der Waals surface area contributed by atoms with Crippen molar-refractivity contribution in [1.82, 2.24) is 5.32 Å². The van der Waals surface area contributed by atoms with Crippen molar-refractivity contribution in [3.05, 3.63) is 23.8 Å². The van der Waals surface area contributed by atoms with E-state index < -0.39 is 0 Å². The van der Waals surface area contributed by atoms with E-state index in [4.69, 9.17) is 14.2 Å². The van der Waals surface area contributed by atoms with Crippen LogP contribution in [0.25, 0.3) is 0 Å². The number of rotatable bonds is 7. The zero-order valence-electron chi connectivity index (χ0n) is 17.2. The normalized spacial score (nSPS) is 24.4. The maximum Gasteiger partial charge on any atom is 0.309 e. The minimum Gasteiger partial charge on any atom is -0.497 e. The molecule has 1 unspecified atom stereocenters. The van der Waals surface area contributed by atoms with Crippen LogP contribution in [0.1, 0.15) is 50.6 Å². The van der Waals surface area contributed by atoms with Crippen LogP contribution in [0, 0.1) is 17.8 Å². The number of ketones is 1. The molecule has 2 aliphatic rings. The summed E-state index contributed by atoms with van der Waals surface area (Å²) < 4.78 is 15.8. The summed E-state index contributed by atoms with van der Waals surface area (Å²) in [7, 11) is 3.13. The van der Waals surface area contributed by atoms with E-state index in [1.807, 2.05) is 6.92 Å². The van der Waals surface area contributed by atoms with Gasteiger partial charge in [-0.1, -0.05) is 6.42 Å². The summed E-state index contributed by atoms with van der Waals surface area (Å²) in [6, 6.07) is 5.01. The lowest BCUT2D eigenvalue weighted by molar-refractivity contribution is -0.156. The quantitative estimate of drug-likeness (QED) is 0.704. The first-order chi connectivity index (χ1) is 13.9. The SMILES string of the molecule is COc1ccc(OC)c([C@H](C)NC(=O)COC(=O)C2C[C@H]3CCC[C@@H](C2)C3=O)c1. The predicted octanol–water partition coefficient (Wildman–Crippen LogP) is 2.82. The minimum absolute atomic E-state index is 0.0191. The zero-order chi connectivity index (χ0) is 21.0. The first-order valence-electron chi connectivity index (χ1n) is 10.1. The fraction of sp³-hybridized carbons (Fsp3) is 0.591. The number of carbonyl (C=O) groups is 3. The van der Waals surface area contributed by atoms with Gasteiger partial charge in [-0.2, -0.15) is 0 Å². The molecule has 0 aromatic heterocycles. The molecule has 0 heterocycles. The summed E-state index contributed by atoms with van der Waals surface area (Å²) in [5, 5.41) is 2.82. The van der Waals surface area contributed by atoms with Crippen LogP contribution in [0.3, 0.4) is 0 Å². The van der Waals surface area contributed by atoms with Crippen molar-refractivity contribution in [2.24, 2.45) is 17.8 Å². The van der Waals surface area contributed by atoms with Crippen molar-refractivity contribution >= 4 is 17.7 Å². The number of carbonyl (C=O) groups excluding carboxylic acids is 3. The average Bonchev–Trinajstić information content (AvgIpc) is 2.71. The van der Waals surface area contributed by atoms with Gasteiger partial charge in [-0.15, -0.1) is 0 Å². The standard InChI is InChI=1S/C22H29NO6/c1-13(18-11-17(27-2)7-8-19(18)28-3)23-20(24)12-29-22(26)16-9-14-5-4-6-15(10-16)21(14)25/h7-8,11,13-16H,4-6,9-10,12H2,1-3H3,(H,23,24)/t13-,14-,15+,16?/m0/s1. The number of hydrogen-bond donors (Lipinski definition) is 1. The van der Waals surface area contributed by atoms with Gasteiger partial charge in [0.2, 0.25) is 0 Å². The van der Waals surface area contributed by atoms with Crippen molar-refractivity contribution in [2.75, 3.05) is 20.8 Å². The van der Waals surface area contributed by atoms with Gasteiger partial charge in [0.15, 0.2) is 6.61 Å². The molecule has 1 aromatic carbocycles. The predicted molar refractivity (Wildman–Crippen MR) is 106 cm³/mol. The van der Waals surface area contributed by atoms with Crippen molar-refractivity contribution in [3.8, 4) is 11.5 Å². The van der Waals surface area contributed by atoms with Crippen molar-refractivity contribution in [1.29, 1.82) is 0 Å². The lowest BCUT2D eigenvalue weighted by Gasteiger charge is -2.36. The molecule has 158 valence electrons. The topological polar surface area (TPSA) is 90.9 Å². The number of fused-ring (bicyclic) bond motifs is 2. The Morgan fingerprint density at radius 1 is 1.14 bits per heavy atom. The van der Waals surface area contributed by atoms with E-state index in [9.17, 15) is 14.4 Å².